The van der Waals surface area contributed by atoms with E-state index in [4.69, 9.17) is 0 Å². The number of nitrogens with one attached hydrogen (secondary N) is 1. The third-order valence-electron chi connectivity index (χ3n) is 2.48. The van der Waals surface area contributed by atoms with Crippen molar-refractivity contribution in [2.75, 3.05) is 0 Å². The molecule has 3 heteroatoms. The van der Waals surface area contributed by atoms with E-state index < -0.39 is 0 Å². The summed E-state index contributed by atoms with van der Waals surface area (Å²) in [6.07, 6.45) is 2.88. The second-order valence-electron chi connectivity index (χ2n) is 4.89. The van der Waals surface area contributed by atoms with Gasteiger partial charge in [0.15, 0.2) is 0 Å². The SMILES string of the molecule is CCc1cc2nc(C(C)(C)C)ncc2[nH]1. The average Bonchev–Trinajstić information content (AvgIpc) is 2.57. The lowest BCUT2D eigenvalue weighted by Crippen LogP contribution is -2.15. The van der Waals surface area contributed by atoms with Crippen LogP contribution in [0.4, 0.5) is 0 Å². The van der Waals surface area contributed by atoms with Gasteiger partial charge in [-0.05, 0) is 12.5 Å². The van der Waals surface area contributed by atoms with Gasteiger partial charge in [0.2, 0.25) is 0 Å². The number of fused-ring (bicyclic) bond motifs is 1. The Morgan fingerprint density at radius 2 is 2.07 bits per heavy atom. The summed E-state index contributed by atoms with van der Waals surface area (Å²) >= 11 is 0. The van der Waals surface area contributed by atoms with Gasteiger partial charge in [-0.15, -0.1) is 0 Å². The van der Waals surface area contributed by atoms with E-state index >= 15 is 0 Å². The molecule has 0 aromatic carbocycles. The minimum Gasteiger partial charge on any atom is -0.356 e. The average molecular weight is 203 g/mol. The molecule has 0 radical (unpaired) electrons. The molecule has 0 spiro atoms. The van der Waals surface area contributed by atoms with E-state index in [9.17, 15) is 0 Å². The van der Waals surface area contributed by atoms with Crippen molar-refractivity contribution in [3.05, 3.63) is 23.8 Å². The van der Waals surface area contributed by atoms with E-state index in [-0.39, 0.29) is 5.41 Å². The molecule has 80 valence electrons. The van der Waals surface area contributed by atoms with E-state index in [0.717, 1.165) is 23.3 Å². The highest BCUT2D eigenvalue weighted by molar-refractivity contribution is 5.75. The summed E-state index contributed by atoms with van der Waals surface area (Å²) in [4.78, 5) is 12.3. The van der Waals surface area contributed by atoms with Crippen LogP contribution in [0.2, 0.25) is 0 Å². The molecule has 2 heterocycles. The lowest BCUT2D eigenvalue weighted by molar-refractivity contribution is 0.548. The van der Waals surface area contributed by atoms with E-state index in [1.165, 1.54) is 5.69 Å². The highest BCUT2D eigenvalue weighted by atomic mass is 14.9. The van der Waals surface area contributed by atoms with Gasteiger partial charge in [-0.1, -0.05) is 27.7 Å². The minimum atomic E-state index is 0.0117. The maximum absolute atomic E-state index is 4.57. The minimum absolute atomic E-state index is 0.0117. The molecular weight excluding hydrogens is 186 g/mol. The van der Waals surface area contributed by atoms with Gasteiger partial charge in [0.05, 0.1) is 17.2 Å². The molecule has 3 nitrogen and oxygen atoms in total. The summed E-state index contributed by atoms with van der Waals surface area (Å²) in [6.45, 7) is 8.51. The Labute approximate surface area is 90.0 Å². The molecular formula is C12H17N3. The number of aromatic nitrogens is 3. The highest BCUT2D eigenvalue weighted by Crippen LogP contribution is 2.20. The zero-order valence-corrected chi connectivity index (χ0v) is 9.76. The van der Waals surface area contributed by atoms with Gasteiger partial charge in [0.1, 0.15) is 5.82 Å². The van der Waals surface area contributed by atoms with Crippen LogP contribution in [0.25, 0.3) is 11.0 Å². The Balaban J connectivity index is 2.55. The quantitative estimate of drug-likeness (QED) is 0.774. The highest BCUT2D eigenvalue weighted by Gasteiger charge is 2.17. The number of rotatable bonds is 1. The van der Waals surface area contributed by atoms with Crippen LogP contribution in [-0.4, -0.2) is 15.0 Å². The molecule has 2 aromatic rings. The predicted molar refractivity (Wildman–Crippen MR) is 62.0 cm³/mol. The van der Waals surface area contributed by atoms with E-state index in [1.54, 1.807) is 0 Å². The molecule has 15 heavy (non-hydrogen) atoms. The lowest BCUT2D eigenvalue weighted by atomic mass is 9.96. The monoisotopic (exact) mass is 203 g/mol. The molecule has 0 aliphatic heterocycles. The first-order valence-corrected chi connectivity index (χ1v) is 5.36. The Morgan fingerprint density at radius 1 is 1.33 bits per heavy atom. The topological polar surface area (TPSA) is 41.6 Å². The van der Waals surface area contributed by atoms with Crippen LogP contribution in [0.5, 0.6) is 0 Å². The maximum atomic E-state index is 4.57. The molecule has 2 aromatic heterocycles. The first-order chi connectivity index (χ1) is 7.00. The van der Waals surface area contributed by atoms with Crippen molar-refractivity contribution < 1.29 is 0 Å². The molecule has 0 atom stereocenters. The summed E-state index contributed by atoms with van der Waals surface area (Å²) in [7, 11) is 0. The Hall–Kier alpha value is -1.38. The van der Waals surface area contributed by atoms with Crippen molar-refractivity contribution in [2.45, 2.75) is 39.5 Å². The fourth-order valence-corrected chi connectivity index (χ4v) is 1.53. The Bertz CT molecular complexity index is 477. The van der Waals surface area contributed by atoms with Crippen LogP contribution in [0.1, 0.15) is 39.2 Å². The number of nitrogens with zero attached hydrogens (tertiary/aromatic N) is 2. The second kappa shape index (κ2) is 3.33. The van der Waals surface area contributed by atoms with Gasteiger partial charge < -0.3 is 4.98 Å². The zero-order chi connectivity index (χ0) is 11.1. The Kier molecular flexibility index (Phi) is 2.25. The van der Waals surface area contributed by atoms with Crippen molar-refractivity contribution in [3.8, 4) is 0 Å². The zero-order valence-electron chi connectivity index (χ0n) is 9.76. The van der Waals surface area contributed by atoms with E-state index in [1.807, 2.05) is 6.20 Å². The number of H-pyrrole nitrogens is 1. The molecule has 1 N–H and O–H groups in total. The molecule has 0 amide bonds. The smallest absolute Gasteiger partial charge is 0.134 e. The van der Waals surface area contributed by atoms with Crippen molar-refractivity contribution >= 4 is 11.0 Å². The summed E-state index contributed by atoms with van der Waals surface area (Å²) in [5.74, 6) is 0.900. The normalized spacial score (nSPS) is 12.3. The van der Waals surface area contributed by atoms with Gasteiger partial charge in [-0.25, -0.2) is 9.97 Å². The molecule has 0 saturated heterocycles. The maximum Gasteiger partial charge on any atom is 0.134 e. The number of hydrogen-bond donors (Lipinski definition) is 1. The van der Waals surface area contributed by atoms with Gasteiger partial charge in [0.25, 0.3) is 0 Å². The van der Waals surface area contributed by atoms with Crippen LogP contribution in [0, 0.1) is 0 Å². The summed E-state index contributed by atoms with van der Waals surface area (Å²) in [5, 5.41) is 0. The largest absolute Gasteiger partial charge is 0.356 e. The number of aryl methyl sites for hydroxylation is 1. The summed E-state index contributed by atoms with van der Waals surface area (Å²) < 4.78 is 0. The van der Waals surface area contributed by atoms with Crippen LogP contribution < -0.4 is 0 Å². The van der Waals surface area contributed by atoms with Crippen molar-refractivity contribution in [1.29, 1.82) is 0 Å². The van der Waals surface area contributed by atoms with Crippen LogP contribution >= 0.6 is 0 Å². The predicted octanol–water partition coefficient (Wildman–Crippen LogP) is 2.82. The summed E-state index contributed by atoms with van der Waals surface area (Å²) in [5.41, 5.74) is 3.27. The van der Waals surface area contributed by atoms with Gasteiger partial charge >= 0.3 is 0 Å². The summed E-state index contributed by atoms with van der Waals surface area (Å²) in [6, 6.07) is 2.10. The van der Waals surface area contributed by atoms with Crippen molar-refractivity contribution in [3.63, 3.8) is 0 Å². The van der Waals surface area contributed by atoms with Crippen molar-refractivity contribution in [1.82, 2.24) is 15.0 Å². The fourth-order valence-electron chi connectivity index (χ4n) is 1.53. The molecule has 0 unspecified atom stereocenters. The first-order valence-electron chi connectivity index (χ1n) is 5.36. The third kappa shape index (κ3) is 1.87. The lowest BCUT2D eigenvalue weighted by Gasteiger charge is -2.15. The van der Waals surface area contributed by atoms with Gasteiger partial charge in [0, 0.05) is 11.1 Å². The van der Waals surface area contributed by atoms with Gasteiger partial charge in [-0.2, -0.15) is 0 Å². The third-order valence-corrected chi connectivity index (χ3v) is 2.48. The van der Waals surface area contributed by atoms with Gasteiger partial charge in [-0.3, -0.25) is 0 Å². The number of hydrogen-bond acceptors (Lipinski definition) is 2. The molecule has 0 fully saturated rings. The van der Waals surface area contributed by atoms with Crippen molar-refractivity contribution in [2.24, 2.45) is 0 Å². The molecule has 2 rings (SSSR count). The molecule has 0 bridgehead atoms. The van der Waals surface area contributed by atoms with E-state index in [0.29, 0.717) is 0 Å². The first kappa shape index (κ1) is 10.1. The molecule has 0 aliphatic rings. The second-order valence-corrected chi connectivity index (χ2v) is 4.89. The standard InChI is InChI=1S/C12H17N3/c1-5-8-6-9-10(14-8)7-13-11(15-9)12(2,3)4/h6-7,14H,5H2,1-4H3. The van der Waals surface area contributed by atoms with Crippen LogP contribution in [-0.2, 0) is 11.8 Å². The fraction of sp³-hybridized carbons (Fsp3) is 0.500. The van der Waals surface area contributed by atoms with E-state index in [2.05, 4.69) is 48.7 Å². The number of aromatic amines is 1. The van der Waals surface area contributed by atoms with Crippen LogP contribution in [0.15, 0.2) is 12.3 Å². The molecule has 0 saturated carbocycles. The molecule has 0 aliphatic carbocycles. The van der Waals surface area contributed by atoms with Crippen LogP contribution in [0.3, 0.4) is 0 Å². The Morgan fingerprint density at radius 3 is 2.67 bits per heavy atom.